The van der Waals surface area contributed by atoms with Crippen molar-refractivity contribution in [3.8, 4) is 0 Å². The summed E-state index contributed by atoms with van der Waals surface area (Å²) < 4.78 is 43.9. The molecule has 0 aromatic heterocycles. The van der Waals surface area contributed by atoms with Crippen molar-refractivity contribution < 1.29 is 22.3 Å². The summed E-state index contributed by atoms with van der Waals surface area (Å²) in [6, 6.07) is 4.87. The zero-order chi connectivity index (χ0) is 14.8. The summed E-state index contributed by atoms with van der Waals surface area (Å²) in [6.45, 7) is 2.52. The van der Waals surface area contributed by atoms with E-state index in [1.807, 2.05) is 0 Å². The fourth-order valence-electron chi connectivity index (χ4n) is 2.01. The Kier molecular flexibility index (Phi) is 4.52. The number of ketones is 1. The van der Waals surface area contributed by atoms with Crippen LogP contribution in [-0.2, 0) is 14.8 Å². The van der Waals surface area contributed by atoms with Gasteiger partial charge in [0, 0.05) is 18.7 Å². The van der Waals surface area contributed by atoms with Crippen LogP contribution in [0.3, 0.4) is 0 Å². The van der Waals surface area contributed by atoms with Gasteiger partial charge in [-0.15, -0.1) is 0 Å². The van der Waals surface area contributed by atoms with Crippen molar-refractivity contribution in [2.24, 2.45) is 0 Å². The highest BCUT2D eigenvalue weighted by atomic mass is 32.2. The van der Waals surface area contributed by atoms with Crippen LogP contribution in [0.5, 0.6) is 0 Å². The summed E-state index contributed by atoms with van der Waals surface area (Å²) >= 11 is 0. The fourth-order valence-corrected chi connectivity index (χ4v) is 3.52. The van der Waals surface area contributed by atoms with E-state index in [4.69, 9.17) is 4.74 Å². The number of benzene rings is 1. The molecule has 1 heterocycles. The Morgan fingerprint density at radius 2 is 1.80 bits per heavy atom. The maximum atomic E-state index is 12.8. The number of ether oxygens (including phenoxy) is 1. The molecule has 7 heteroatoms. The van der Waals surface area contributed by atoms with Gasteiger partial charge in [0.2, 0.25) is 10.0 Å². The van der Waals surface area contributed by atoms with Gasteiger partial charge in [0.05, 0.1) is 13.2 Å². The van der Waals surface area contributed by atoms with E-state index < -0.39 is 26.9 Å². The van der Waals surface area contributed by atoms with E-state index in [-0.39, 0.29) is 18.7 Å². The zero-order valence-electron chi connectivity index (χ0n) is 11.1. The second kappa shape index (κ2) is 5.99. The molecule has 1 aliphatic rings. The molecular formula is C13H16FNO4S. The third kappa shape index (κ3) is 3.05. The van der Waals surface area contributed by atoms with Crippen LogP contribution in [0, 0.1) is 5.82 Å². The molecule has 1 fully saturated rings. The first kappa shape index (κ1) is 15.1. The molecule has 110 valence electrons. The molecule has 1 aliphatic heterocycles. The van der Waals surface area contributed by atoms with Gasteiger partial charge in [-0.05, 0) is 31.2 Å². The van der Waals surface area contributed by atoms with Crippen molar-refractivity contribution in [1.82, 2.24) is 4.31 Å². The Morgan fingerprint density at radius 1 is 1.25 bits per heavy atom. The SMILES string of the molecule is CC(C(=O)c1ccc(F)cc1)S(=O)(=O)N1CCOCC1. The highest BCUT2D eigenvalue weighted by molar-refractivity contribution is 7.90. The van der Waals surface area contributed by atoms with Crippen LogP contribution in [0.25, 0.3) is 0 Å². The van der Waals surface area contributed by atoms with Gasteiger partial charge >= 0.3 is 0 Å². The van der Waals surface area contributed by atoms with Gasteiger partial charge in [0.1, 0.15) is 11.1 Å². The lowest BCUT2D eigenvalue weighted by atomic mass is 10.1. The van der Waals surface area contributed by atoms with Gasteiger partial charge in [0.15, 0.2) is 5.78 Å². The standard InChI is InChI=1S/C13H16FNO4S/c1-10(13(16)11-2-4-12(14)5-3-11)20(17,18)15-6-8-19-9-7-15/h2-5,10H,6-9H2,1H3. The number of halogens is 1. The maximum Gasteiger partial charge on any atom is 0.224 e. The Bertz CT molecular complexity index is 579. The highest BCUT2D eigenvalue weighted by Crippen LogP contribution is 2.16. The molecule has 5 nitrogen and oxygen atoms in total. The van der Waals surface area contributed by atoms with Crippen LogP contribution in [0.15, 0.2) is 24.3 Å². The van der Waals surface area contributed by atoms with E-state index >= 15 is 0 Å². The third-order valence-electron chi connectivity index (χ3n) is 3.27. The largest absolute Gasteiger partial charge is 0.379 e. The first-order valence-corrected chi connectivity index (χ1v) is 7.80. The maximum absolute atomic E-state index is 12.8. The van der Waals surface area contributed by atoms with E-state index in [1.165, 1.54) is 23.4 Å². The molecular weight excluding hydrogens is 285 g/mol. The number of morpholine rings is 1. The summed E-state index contributed by atoms with van der Waals surface area (Å²) in [5.74, 6) is -0.998. The molecule has 0 radical (unpaired) electrons. The predicted molar refractivity (Wildman–Crippen MR) is 71.5 cm³/mol. The Hall–Kier alpha value is -1.31. The summed E-state index contributed by atoms with van der Waals surface area (Å²) in [7, 11) is -3.71. The van der Waals surface area contributed by atoms with Gasteiger partial charge < -0.3 is 4.74 Å². The average Bonchev–Trinajstić information content (AvgIpc) is 2.47. The van der Waals surface area contributed by atoms with Crippen LogP contribution in [0.1, 0.15) is 17.3 Å². The van der Waals surface area contributed by atoms with Gasteiger partial charge in [-0.3, -0.25) is 4.79 Å². The van der Waals surface area contributed by atoms with Gasteiger partial charge in [-0.2, -0.15) is 4.31 Å². The summed E-state index contributed by atoms with van der Waals surface area (Å²) in [4.78, 5) is 12.2. The molecule has 0 saturated carbocycles. The minimum Gasteiger partial charge on any atom is -0.379 e. The molecule has 1 unspecified atom stereocenters. The van der Waals surface area contributed by atoms with Gasteiger partial charge in [-0.1, -0.05) is 0 Å². The Morgan fingerprint density at radius 3 is 2.35 bits per heavy atom. The molecule has 1 saturated heterocycles. The Labute approximate surface area is 117 Å². The first-order valence-electron chi connectivity index (χ1n) is 6.29. The third-order valence-corrected chi connectivity index (χ3v) is 5.47. The zero-order valence-corrected chi connectivity index (χ0v) is 11.9. The topological polar surface area (TPSA) is 63.7 Å². The van der Waals surface area contributed by atoms with E-state index in [0.29, 0.717) is 13.2 Å². The van der Waals surface area contributed by atoms with E-state index in [1.54, 1.807) is 0 Å². The number of Topliss-reactive ketones (excluding diaryl/α,β-unsaturated/α-hetero) is 1. The van der Waals surface area contributed by atoms with Crippen LogP contribution < -0.4 is 0 Å². The normalized spacial score (nSPS) is 18.7. The molecule has 1 atom stereocenters. The average molecular weight is 301 g/mol. The number of hydrogen-bond acceptors (Lipinski definition) is 4. The van der Waals surface area contributed by atoms with Crippen molar-refractivity contribution in [3.05, 3.63) is 35.6 Å². The number of hydrogen-bond donors (Lipinski definition) is 0. The summed E-state index contributed by atoms with van der Waals surface area (Å²) in [5, 5.41) is -1.19. The molecule has 20 heavy (non-hydrogen) atoms. The highest BCUT2D eigenvalue weighted by Gasteiger charge is 2.35. The molecule has 0 N–H and O–H groups in total. The molecule has 2 rings (SSSR count). The van der Waals surface area contributed by atoms with Crippen LogP contribution in [0.4, 0.5) is 4.39 Å². The molecule has 0 aliphatic carbocycles. The quantitative estimate of drug-likeness (QED) is 0.780. The summed E-state index contributed by atoms with van der Waals surface area (Å²) in [6.07, 6.45) is 0. The Balaban J connectivity index is 2.18. The van der Waals surface area contributed by atoms with E-state index in [2.05, 4.69) is 0 Å². The second-order valence-corrected chi connectivity index (χ2v) is 6.82. The summed E-state index contributed by atoms with van der Waals surface area (Å²) in [5.41, 5.74) is 0.190. The predicted octanol–water partition coefficient (Wildman–Crippen LogP) is 1.06. The minimum absolute atomic E-state index is 0.190. The molecule has 1 aromatic carbocycles. The lowest BCUT2D eigenvalue weighted by molar-refractivity contribution is 0.0722. The lowest BCUT2D eigenvalue weighted by Crippen LogP contribution is -2.46. The van der Waals surface area contributed by atoms with E-state index in [0.717, 1.165) is 12.1 Å². The monoisotopic (exact) mass is 301 g/mol. The van der Waals surface area contributed by atoms with Crippen molar-refractivity contribution >= 4 is 15.8 Å². The smallest absolute Gasteiger partial charge is 0.224 e. The number of carbonyl (C=O) groups is 1. The molecule has 0 spiro atoms. The number of sulfonamides is 1. The van der Waals surface area contributed by atoms with Gasteiger partial charge in [-0.25, -0.2) is 12.8 Å². The molecule has 0 amide bonds. The van der Waals surface area contributed by atoms with Gasteiger partial charge in [0.25, 0.3) is 0 Å². The first-order chi connectivity index (χ1) is 9.43. The lowest BCUT2D eigenvalue weighted by Gasteiger charge is -2.28. The minimum atomic E-state index is -3.71. The van der Waals surface area contributed by atoms with Crippen molar-refractivity contribution in [2.45, 2.75) is 12.2 Å². The van der Waals surface area contributed by atoms with Crippen LogP contribution in [0.2, 0.25) is 0 Å². The van der Waals surface area contributed by atoms with Crippen molar-refractivity contribution in [2.75, 3.05) is 26.3 Å². The number of nitrogens with zero attached hydrogens (tertiary/aromatic N) is 1. The van der Waals surface area contributed by atoms with Crippen molar-refractivity contribution in [1.29, 1.82) is 0 Å². The second-order valence-electron chi connectivity index (χ2n) is 4.57. The van der Waals surface area contributed by atoms with E-state index in [9.17, 15) is 17.6 Å². The van der Waals surface area contributed by atoms with Crippen LogP contribution >= 0.6 is 0 Å². The fraction of sp³-hybridized carbons (Fsp3) is 0.462. The molecule has 1 aromatic rings. The van der Waals surface area contributed by atoms with Crippen LogP contribution in [-0.4, -0.2) is 50.1 Å². The number of rotatable bonds is 4. The van der Waals surface area contributed by atoms with Crippen molar-refractivity contribution in [3.63, 3.8) is 0 Å². The number of carbonyl (C=O) groups excluding carboxylic acids is 1. The molecule has 0 bridgehead atoms.